The molecule has 0 spiro atoms. The largest absolute Gasteiger partial charge is 0.389 e. The first-order valence-corrected chi connectivity index (χ1v) is 4.54. The molecular weight excluding hydrogens is 168 g/mol. The van der Waals surface area contributed by atoms with E-state index in [0.717, 1.165) is 0 Å². The summed E-state index contributed by atoms with van der Waals surface area (Å²) < 4.78 is 0. The Morgan fingerprint density at radius 2 is 2.00 bits per heavy atom. The molecule has 0 bridgehead atoms. The molecule has 0 fully saturated rings. The lowest BCUT2D eigenvalue weighted by Gasteiger charge is -2.18. The second-order valence-electron chi connectivity index (χ2n) is 4.12. The third kappa shape index (κ3) is 9.30. The second-order valence-corrected chi connectivity index (χ2v) is 4.12. The molecule has 3 N–H and O–H groups in total. The normalized spacial score (nSPS) is 11.8. The Morgan fingerprint density at radius 1 is 1.46 bits per heavy atom. The van der Waals surface area contributed by atoms with Gasteiger partial charge < -0.3 is 15.7 Å². The zero-order valence-electron chi connectivity index (χ0n) is 8.85. The summed E-state index contributed by atoms with van der Waals surface area (Å²) in [5, 5.41) is 14.9. The third-order valence-electron chi connectivity index (χ3n) is 1.39. The number of amides is 1. The minimum atomic E-state index is -0.840. The van der Waals surface area contributed by atoms with Crippen molar-refractivity contribution in [3.8, 4) is 0 Å². The van der Waals surface area contributed by atoms with E-state index in [2.05, 4.69) is 10.6 Å². The predicted molar refractivity (Wildman–Crippen MR) is 52.4 cm³/mol. The van der Waals surface area contributed by atoms with E-state index in [0.29, 0.717) is 12.6 Å². The van der Waals surface area contributed by atoms with Crippen LogP contribution >= 0.6 is 0 Å². The molecule has 4 nitrogen and oxygen atoms in total. The molecule has 0 saturated heterocycles. The van der Waals surface area contributed by atoms with Crippen LogP contribution in [0.2, 0.25) is 0 Å². The Kier molecular flexibility index (Phi) is 4.95. The van der Waals surface area contributed by atoms with Crippen molar-refractivity contribution in [2.45, 2.75) is 39.3 Å². The quantitative estimate of drug-likeness (QED) is 0.563. The van der Waals surface area contributed by atoms with Crippen LogP contribution in [-0.2, 0) is 4.79 Å². The lowest BCUT2D eigenvalue weighted by Crippen LogP contribution is -2.43. The van der Waals surface area contributed by atoms with Gasteiger partial charge in [0.05, 0.1) is 12.1 Å². The minimum Gasteiger partial charge on any atom is -0.389 e. The van der Waals surface area contributed by atoms with Gasteiger partial charge in [0.1, 0.15) is 0 Å². The Hall–Kier alpha value is -0.610. The summed E-state index contributed by atoms with van der Waals surface area (Å²) in [6, 6.07) is 0.299. The van der Waals surface area contributed by atoms with Crippen LogP contribution in [0.25, 0.3) is 0 Å². The molecular formula is C9H20N2O2. The van der Waals surface area contributed by atoms with Crippen LogP contribution in [-0.4, -0.2) is 35.7 Å². The van der Waals surface area contributed by atoms with Crippen LogP contribution < -0.4 is 10.6 Å². The monoisotopic (exact) mass is 188 g/mol. The van der Waals surface area contributed by atoms with Crippen LogP contribution in [0.3, 0.4) is 0 Å². The number of hydrogen-bond donors (Lipinski definition) is 3. The van der Waals surface area contributed by atoms with Crippen molar-refractivity contribution >= 4 is 5.91 Å². The maximum Gasteiger partial charge on any atom is 0.234 e. The number of aliphatic hydroxyl groups is 1. The number of nitrogens with one attached hydrogen (secondary N) is 2. The number of carbonyl (C=O) groups is 1. The highest BCUT2D eigenvalue weighted by Gasteiger charge is 2.13. The summed E-state index contributed by atoms with van der Waals surface area (Å²) in [6.45, 7) is 7.85. The summed E-state index contributed by atoms with van der Waals surface area (Å²) in [4.78, 5) is 11.1. The average molecular weight is 188 g/mol. The van der Waals surface area contributed by atoms with Crippen molar-refractivity contribution in [3.63, 3.8) is 0 Å². The summed E-state index contributed by atoms with van der Waals surface area (Å²) in [5.41, 5.74) is -0.840. The summed E-state index contributed by atoms with van der Waals surface area (Å²) >= 11 is 0. The van der Waals surface area contributed by atoms with Crippen molar-refractivity contribution in [2.75, 3.05) is 13.1 Å². The highest BCUT2D eigenvalue weighted by molar-refractivity contribution is 5.78. The van der Waals surface area contributed by atoms with Gasteiger partial charge in [-0.1, -0.05) is 13.8 Å². The van der Waals surface area contributed by atoms with Gasteiger partial charge in [-0.15, -0.1) is 0 Å². The van der Waals surface area contributed by atoms with E-state index in [1.54, 1.807) is 13.8 Å². The van der Waals surface area contributed by atoms with E-state index in [1.807, 2.05) is 13.8 Å². The van der Waals surface area contributed by atoms with Crippen molar-refractivity contribution in [1.29, 1.82) is 0 Å². The molecule has 4 heteroatoms. The summed E-state index contributed by atoms with van der Waals surface area (Å²) in [7, 11) is 0. The lowest BCUT2D eigenvalue weighted by atomic mass is 10.1. The fraction of sp³-hybridized carbons (Fsp3) is 0.889. The van der Waals surface area contributed by atoms with E-state index >= 15 is 0 Å². The molecule has 0 radical (unpaired) electrons. The Balaban J connectivity index is 3.53. The van der Waals surface area contributed by atoms with Crippen molar-refractivity contribution in [2.24, 2.45) is 0 Å². The second kappa shape index (κ2) is 5.19. The van der Waals surface area contributed by atoms with E-state index in [1.165, 1.54) is 0 Å². The Labute approximate surface area is 79.7 Å². The Bertz CT molecular complexity index is 161. The molecule has 0 aromatic carbocycles. The lowest BCUT2D eigenvalue weighted by molar-refractivity contribution is -0.121. The molecule has 0 rings (SSSR count). The molecule has 1 amide bonds. The molecule has 0 atom stereocenters. The van der Waals surface area contributed by atoms with Crippen LogP contribution in [0.1, 0.15) is 27.7 Å². The molecule has 0 unspecified atom stereocenters. The standard InChI is InChI=1S/C9H20N2O2/c1-7(2)10-5-8(12)11-6-9(3,4)13/h7,10,13H,5-6H2,1-4H3,(H,11,12). The number of rotatable bonds is 5. The molecule has 0 aromatic heterocycles. The first kappa shape index (κ1) is 12.4. The van der Waals surface area contributed by atoms with E-state index in [4.69, 9.17) is 0 Å². The van der Waals surface area contributed by atoms with Gasteiger partial charge in [0, 0.05) is 12.6 Å². The fourth-order valence-electron chi connectivity index (χ4n) is 0.674. The maximum absolute atomic E-state index is 11.1. The molecule has 0 aromatic rings. The first-order valence-electron chi connectivity index (χ1n) is 4.54. The summed E-state index contributed by atoms with van der Waals surface area (Å²) in [5.74, 6) is -0.0872. The van der Waals surface area contributed by atoms with Gasteiger partial charge in [0.15, 0.2) is 0 Å². The van der Waals surface area contributed by atoms with Gasteiger partial charge in [-0.2, -0.15) is 0 Å². The van der Waals surface area contributed by atoms with Gasteiger partial charge in [-0.3, -0.25) is 4.79 Å². The summed E-state index contributed by atoms with van der Waals surface area (Å²) in [6.07, 6.45) is 0. The third-order valence-corrected chi connectivity index (χ3v) is 1.39. The van der Waals surface area contributed by atoms with Gasteiger partial charge in [-0.25, -0.2) is 0 Å². The topological polar surface area (TPSA) is 61.4 Å². The van der Waals surface area contributed by atoms with E-state index < -0.39 is 5.60 Å². The Morgan fingerprint density at radius 3 is 2.38 bits per heavy atom. The minimum absolute atomic E-state index is 0.0872. The molecule has 13 heavy (non-hydrogen) atoms. The molecule has 0 aliphatic rings. The highest BCUT2D eigenvalue weighted by atomic mass is 16.3. The van der Waals surface area contributed by atoms with Crippen LogP contribution in [0, 0.1) is 0 Å². The van der Waals surface area contributed by atoms with Crippen molar-refractivity contribution in [3.05, 3.63) is 0 Å². The van der Waals surface area contributed by atoms with Crippen LogP contribution in [0.15, 0.2) is 0 Å². The van der Waals surface area contributed by atoms with Crippen molar-refractivity contribution in [1.82, 2.24) is 10.6 Å². The average Bonchev–Trinajstić information content (AvgIpc) is 1.95. The van der Waals surface area contributed by atoms with Gasteiger partial charge in [0.25, 0.3) is 0 Å². The van der Waals surface area contributed by atoms with E-state index in [9.17, 15) is 9.90 Å². The highest BCUT2D eigenvalue weighted by Crippen LogP contribution is 1.96. The van der Waals surface area contributed by atoms with Crippen LogP contribution in [0.5, 0.6) is 0 Å². The molecule has 0 aliphatic heterocycles. The zero-order valence-corrected chi connectivity index (χ0v) is 8.85. The van der Waals surface area contributed by atoms with Gasteiger partial charge in [-0.05, 0) is 13.8 Å². The van der Waals surface area contributed by atoms with E-state index in [-0.39, 0.29) is 12.5 Å². The maximum atomic E-state index is 11.1. The zero-order chi connectivity index (χ0) is 10.5. The fourth-order valence-corrected chi connectivity index (χ4v) is 0.674. The molecule has 0 saturated carbocycles. The first-order chi connectivity index (χ1) is 5.81. The predicted octanol–water partition coefficient (Wildman–Crippen LogP) is -0.128. The van der Waals surface area contributed by atoms with Gasteiger partial charge in [0.2, 0.25) is 5.91 Å². The van der Waals surface area contributed by atoms with Gasteiger partial charge >= 0.3 is 0 Å². The number of carbonyl (C=O) groups excluding carboxylic acids is 1. The van der Waals surface area contributed by atoms with Crippen LogP contribution in [0.4, 0.5) is 0 Å². The molecule has 78 valence electrons. The molecule has 0 aliphatic carbocycles. The van der Waals surface area contributed by atoms with Crippen molar-refractivity contribution < 1.29 is 9.90 Å². The SMILES string of the molecule is CC(C)NCC(=O)NCC(C)(C)O. The number of hydrogen-bond acceptors (Lipinski definition) is 3. The smallest absolute Gasteiger partial charge is 0.234 e. The molecule has 0 heterocycles.